The average Bonchev–Trinajstić information content (AvgIpc) is 2.28. The predicted octanol–water partition coefficient (Wildman–Crippen LogP) is 3.56. The zero-order chi connectivity index (χ0) is 12.7. The summed E-state index contributed by atoms with van der Waals surface area (Å²) in [5.41, 5.74) is 0.948. The summed E-state index contributed by atoms with van der Waals surface area (Å²) in [6.45, 7) is 2.08. The first-order chi connectivity index (χ1) is 8.15. The van der Waals surface area contributed by atoms with Gasteiger partial charge in [-0.2, -0.15) is 0 Å². The van der Waals surface area contributed by atoms with Crippen LogP contribution < -0.4 is 5.32 Å². The van der Waals surface area contributed by atoms with E-state index < -0.39 is 0 Å². The molecule has 17 heavy (non-hydrogen) atoms. The van der Waals surface area contributed by atoms with E-state index in [1.807, 2.05) is 24.3 Å². The molecule has 0 bridgehead atoms. The lowest BCUT2D eigenvalue weighted by molar-refractivity contribution is -0.121. The van der Waals surface area contributed by atoms with Crippen LogP contribution in [0.15, 0.2) is 24.3 Å². The molecule has 1 rings (SSSR count). The Hall–Kier alpha value is -0.540. The van der Waals surface area contributed by atoms with Crippen LogP contribution in [-0.2, 0) is 11.2 Å². The lowest BCUT2D eigenvalue weighted by Crippen LogP contribution is -2.35. The molecule has 1 aromatic rings. The van der Waals surface area contributed by atoms with E-state index in [-0.39, 0.29) is 11.9 Å². The topological polar surface area (TPSA) is 29.1 Å². The standard InChI is InChI=1S/C13H17BrClNO/c1-2-12(6-7-14)16-13(17)9-10-4-3-5-11(15)8-10/h3-5,8,12H,2,6-7,9H2,1H3,(H,16,17). The maximum absolute atomic E-state index is 11.8. The Kier molecular flexibility index (Phi) is 6.60. The lowest BCUT2D eigenvalue weighted by Gasteiger charge is -2.15. The number of amides is 1. The summed E-state index contributed by atoms with van der Waals surface area (Å²) in [5.74, 6) is 0.0556. The quantitative estimate of drug-likeness (QED) is 0.798. The molecule has 1 amide bonds. The van der Waals surface area contributed by atoms with Crippen molar-refractivity contribution >= 4 is 33.4 Å². The highest BCUT2D eigenvalue weighted by Gasteiger charge is 2.10. The summed E-state index contributed by atoms with van der Waals surface area (Å²) >= 11 is 9.26. The summed E-state index contributed by atoms with van der Waals surface area (Å²) < 4.78 is 0. The number of nitrogens with one attached hydrogen (secondary N) is 1. The van der Waals surface area contributed by atoms with E-state index in [9.17, 15) is 4.79 Å². The van der Waals surface area contributed by atoms with Gasteiger partial charge in [0.15, 0.2) is 0 Å². The molecule has 1 unspecified atom stereocenters. The Bertz CT molecular complexity index is 370. The molecule has 0 saturated heterocycles. The van der Waals surface area contributed by atoms with Gasteiger partial charge in [0.05, 0.1) is 6.42 Å². The number of benzene rings is 1. The van der Waals surface area contributed by atoms with Crippen molar-refractivity contribution in [1.82, 2.24) is 5.32 Å². The van der Waals surface area contributed by atoms with E-state index in [1.165, 1.54) is 0 Å². The summed E-state index contributed by atoms with van der Waals surface area (Å²) in [4.78, 5) is 11.8. The molecule has 0 aliphatic carbocycles. The fraction of sp³-hybridized carbons (Fsp3) is 0.462. The third-order valence-electron chi connectivity index (χ3n) is 2.57. The van der Waals surface area contributed by atoms with Gasteiger partial charge in [0, 0.05) is 16.4 Å². The molecule has 0 aliphatic heterocycles. The molecule has 0 radical (unpaired) electrons. The van der Waals surface area contributed by atoms with Crippen molar-refractivity contribution in [1.29, 1.82) is 0 Å². The Morgan fingerprint density at radius 1 is 1.53 bits per heavy atom. The van der Waals surface area contributed by atoms with Crippen molar-refractivity contribution in [2.45, 2.75) is 32.2 Å². The molecule has 0 spiro atoms. The summed E-state index contributed by atoms with van der Waals surface area (Å²) in [5, 5.41) is 4.60. The number of hydrogen-bond donors (Lipinski definition) is 1. The van der Waals surface area contributed by atoms with Crippen LogP contribution in [-0.4, -0.2) is 17.3 Å². The second-order valence-corrected chi connectivity index (χ2v) is 5.19. The van der Waals surface area contributed by atoms with Gasteiger partial charge in [-0.3, -0.25) is 4.79 Å². The van der Waals surface area contributed by atoms with Crippen molar-refractivity contribution < 1.29 is 4.79 Å². The van der Waals surface area contributed by atoms with E-state index in [0.717, 1.165) is 23.7 Å². The van der Waals surface area contributed by atoms with E-state index in [4.69, 9.17) is 11.6 Å². The molecule has 1 N–H and O–H groups in total. The van der Waals surface area contributed by atoms with Crippen molar-refractivity contribution in [2.75, 3.05) is 5.33 Å². The van der Waals surface area contributed by atoms with Crippen LogP contribution in [0.4, 0.5) is 0 Å². The van der Waals surface area contributed by atoms with Crippen LogP contribution in [0.3, 0.4) is 0 Å². The molecule has 0 fully saturated rings. The van der Waals surface area contributed by atoms with E-state index in [0.29, 0.717) is 11.4 Å². The summed E-state index contributed by atoms with van der Waals surface area (Å²) in [6, 6.07) is 7.66. The third-order valence-corrected chi connectivity index (χ3v) is 3.26. The van der Waals surface area contributed by atoms with Crippen LogP contribution in [0.1, 0.15) is 25.3 Å². The Morgan fingerprint density at radius 2 is 2.29 bits per heavy atom. The SMILES string of the molecule is CCC(CCBr)NC(=O)Cc1cccc(Cl)c1. The first-order valence-corrected chi connectivity index (χ1v) is 7.25. The monoisotopic (exact) mass is 317 g/mol. The molecule has 2 nitrogen and oxygen atoms in total. The molecule has 0 aliphatic rings. The van der Waals surface area contributed by atoms with Gasteiger partial charge in [0.2, 0.25) is 5.91 Å². The zero-order valence-corrected chi connectivity index (χ0v) is 12.2. The summed E-state index contributed by atoms with van der Waals surface area (Å²) in [6.07, 6.45) is 2.30. The predicted molar refractivity (Wildman–Crippen MR) is 75.8 cm³/mol. The van der Waals surface area contributed by atoms with Crippen LogP contribution in [0.25, 0.3) is 0 Å². The number of hydrogen-bond acceptors (Lipinski definition) is 1. The van der Waals surface area contributed by atoms with Crippen molar-refractivity contribution in [3.05, 3.63) is 34.9 Å². The van der Waals surface area contributed by atoms with Gasteiger partial charge < -0.3 is 5.32 Å². The first kappa shape index (κ1) is 14.5. The number of rotatable bonds is 6. The Labute approximate surface area is 116 Å². The molecule has 1 atom stereocenters. The third kappa shape index (κ3) is 5.55. The van der Waals surface area contributed by atoms with Gasteiger partial charge in [-0.05, 0) is 30.5 Å². The Morgan fingerprint density at radius 3 is 2.88 bits per heavy atom. The second kappa shape index (κ2) is 7.72. The minimum absolute atomic E-state index is 0.0556. The normalized spacial score (nSPS) is 12.2. The maximum Gasteiger partial charge on any atom is 0.224 e. The van der Waals surface area contributed by atoms with Gasteiger partial charge in [-0.15, -0.1) is 0 Å². The highest BCUT2D eigenvalue weighted by atomic mass is 79.9. The van der Waals surface area contributed by atoms with Crippen LogP contribution in [0.5, 0.6) is 0 Å². The molecule has 0 saturated carbocycles. The van der Waals surface area contributed by atoms with Crippen LogP contribution in [0.2, 0.25) is 5.02 Å². The maximum atomic E-state index is 11.8. The van der Waals surface area contributed by atoms with Gasteiger partial charge in [0.1, 0.15) is 0 Å². The van der Waals surface area contributed by atoms with Gasteiger partial charge in [-0.25, -0.2) is 0 Å². The van der Waals surface area contributed by atoms with Gasteiger partial charge >= 0.3 is 0 Å². The fourth-order valence-corrected chi connectivity index (χ4v) is 2.39. The van der Waals surface area contributed by atoms with Crippen LogP contribution in [0, 0.1) is 0 Å². The second-order valence-electron chi connectivity index (χ2n) is 3.96. The van der Waals surface area contributed by atoms with Crippen molar-refractivity contribution in [3.63, 3.8) is 0 Å². The molecule has 94 valence electrons. The number of carbonyl (C=O) groups is 1. The van der Waals surface area contributed by atoms with Crippen molar-refractivity contribution in [3.8, 4) is 0 Å². The van der Waals surface area contributed by atoms with E-state index in [2.05, 4.69) is 28.2 Å². The minimum atomic E-state index is 0.0556. The van der Waals surface area contributed by atoms with Gasteiger partial charge in [-0.1, -0.05) is 46.6 Å². The molecule has 0 aromatic heterocycles. The number of alkyl halides is 1. The lowest BCUT2D eigenvalue weighted by atomic mass is 10.1. The van der Waals surface area contributed by atoms with Crippen LogP contribution >= 0.6 is 27.5 Å². The van der Waals surface area contributed by atoms with E-state index in [1.54, 1.807) is 0 Å². The first-order valence-electron chi connectivity index (χ1n) is 5.75. The smallest absolute Gasteiger partial charge is 0.224 e. The highest BCUT2D eigenvalue weighted by Crippen LogP contribution is 2.11. The number of carbonyl (C=O) groups excluding carboxylic acids is 1. The molecule has 0 heterocycles. The van der Waals surface area contributed by atoms with Gasteiger partial charge in [0.25, 0.3) is 0 Å². The largest absolute Gasteiger partial charge is 0.353 e. The molecule has 4 heteroatoms. The Balaban J connectivity index is 2.49. The number of halogens is 2. The minimum Gasteiger partial charge on any atom is -0.353 e. The van der Waals surface area contributed by atoms with E-state index >= 15 is 0 Å². The zero-order valence-electron chi connectivity index (χ0n) is 9.88. The molecular weight excluding hydrogens is 302 g/mol. The summed E-state index contributed by atoms with van der Waals surface area (Å²) in [7, 11) is 0. The highest BCUT2D eigenvalue weighted by molar-refractivity contribution is 9.09. The average molecular weight is 319 g/mol. The fourth-order valence-electron chi connectivity index (χ4n) is 1.62. The molecule has 1 aromatic carbocycles. The molecular formula is C13H17BrClNO. The van der Waals surface area contributed by atoms with Crippen molar-refractivity contribution in [2.24, 2.45) is 0 Å².